The molecule has 1 aliphatic rings. The van der Waals surface area contributed by atoms with E-state index < -0.39 is 0 Å². The van der Waals surface area contributed by atoms with Gasteiger partial charge < -0.3 is 20.5 Å². The SMILES string of the molecule is C=C(C)c1c(N)ncnc1N(C)C(C)c1cc(Cl)c(C)c(C2CN(CCO)C2)c1OC. The number of aromatic nitrogens is 2. The number of nitrogen functional groups attached to an aromatic ring is 1. The molecule has 0 aliphatic carbocycles. The van der Waals surface area contributed by atoms with E-state index in [1.807, 2.05) is 31.9 Å². The number of nitrogens with two attached hydrogens (primary N) is 1. The van der Waals surface area contributed by atoms with Crippen LogP contribution in [-0.4, -0.2) is 60.4 Å². The summed E-state index contributed by atoms with van der Waals surface area (Å²) in [7, 11) is 3.67. The Balaban J connectivity index is 2.03. The van der Waals surface area contributed by atoms with Crippen molar-refractivity contribution in [3.63, 3.8) is 0 Å². The molecule has 2 aromatic rings. The van der Waals surface area contributed by atoms with E-state index in [0.29, 0.717) is 29.1 Å². The second-order valence-corrected chi connectivity index (χ2v) is 8.63. The smallest absolute Gasteiger partial charge is 0.141 e. The number of hydrogen-bond donors (Lipinski definition) is 2. The summed E-state index contributed by atoms with van der Waals surface area (Å²) in [6.07, 6.45) is 1.47. The third-order valence-corrected chi connectivity index (χ3v) is 6.58. The lowest BCUT2D eigenvalue weighted by molar-refractivity contribution is 0.114. The number of β-amino-alcohol motifs (C(OH)–C–C–N with tert-alkyl or cyclic N) is 1. The van der Waals surface area contributed by atoms with E-state index in [1.54, 1.807) is 7.11 Å². The van der Waals surface area contributed by atoms with Crippen molar-refractivity contribution in [3.05, 3.63) is 46.2 Å². The van der Waals surface area contributed by atoms with E-state index in [1.165, 1.54) is 6.33 Å². The number of aliphatic hydroxyl groups excluding tert-OH is 1. The highest BCUT2D eigenvalue weighted by atomic mass is 35.5. The van der Waals surface area contributed by atoms with Gasteiger partial charge in [-0.25, -0.2) is 9.97 Å². The largest absolute Gasteiger partial charge is 0.496 e. The van der Waals surface area contributed by atoms with Crippen LogP contribution >= 0.6 is 11.6 Å². The molecule has 8 heteroatoms. The molecule has 168 valence electrons. The van der Waals surface area contributed by atoms with Crippen molar-refractivity contribution in [2.45, 2.75) is 32.7 Å². The van der Waals surface area contributed by atoms with Crippen LogP contribution in [0.25, 0.3) is 5.57 Å². The van der Waals surface area contributed by atoms with Gasteiger partial charge >= 0.3 is 0 Å². The molecule has 0 spiro atoms. The quantitative estimate of drug-likeness (QED) is 0.641. The Morgan fingerprint density at radius 1 is 1.45 bits per heavy atom. The summed E-state index contributed by atoms with van der Waals surface area (Å²) in [5.41, 5.74) is 10.8. The molecule has 3 rings (SSSR count). The predicted octanol–water partition coefficient (Wildman–Crippen LogP) is 3.65. The first kappa shape index (κ1) is 23.3. The number of halogens is 1. The van der Waals surface area contributed by atoms with Crippen LogP contribution in [0.5, 0.6) is 5.75 Å². The predicted molar refractivity (Wildman–Crippen MR) is 127 cm³/mol. The Morgan fingerprint density at radius 3 is 2.71 bits per heavy atom. The van der Waals surface area contributed by atoms with Gasteiger partial charge in [0.25, 0.3) is 0 Å². The normalized spacial score (nSPS) is 15.5. The molecule has 1 fully saturated rings. The van der Waals surface area contributed by atoms with Gasteiger partial charge in [-0.1, -0.05) is 18.2 Å². The molecule has 0 amide bonds. The maximum Gasteiger partial charge on any atom is 0.141 e. The van der Waals surface area contributed by atoms with Crippen molar-refractivity contribution in [1.82, 2.24) is 14.9 Å². The third-order valence-electron chi connectivity index (χ3n) is 6.19. The maximum absolute atomic E-state index is 9.21. The number of anilines is 2. The number of allylic oxidation sites excluding steroid dienone is 1. The molecule has 0 saturated carbocycles. The number of methoxy groups -OCH3 is 1. The van der Waals surface area contributed by atoms with Crippen molar-refractivity contribution >= 4 is 28.8 Å². The van der Waals surface area contributed by atoms with E-state index in [0.717, 1.165) is 46.7 Å². The van der Waals surface area contributed by atoms with Crippen molar-refractivity contribution in [3.8, 4) is 5.75 Å². The van der Waals surface area contributed by atoms with Crippen LogP contribution < -0.4 is 15.4 Å². The Kier molecular flexibility index (Phi) is 7.09. The van der Waals surface area contributed by atoms with Gasteiger partial charge in [-0.05, 0) is 38.0 Å². The van der Waals surface area contributed by atoms with Gasteiger partial charge in [0.1, 0.15) is 23.7 Å². The van der Waals surface area contributed by atoms with Crippen LogP contribution in [-0.2, 0) is 0 Å². The number of hydrogen-bond acceptors (Lipinski definition) is 7. The van der Waals surface area contributed by atoms with Gasteiger partial charge in [-0.15, -0.1) is 0 Å². The summed E-state index contributed by atoms with van der Waals surface area (Å²) >= 11 is 6.68. The summed E-state index contributed by atoms with van der Waals surface area (Å²) in [6, 6.07) is 1.89. The fourth-order valence-corrected chi connectivity index (χ4v) is 4.55. The third kappa shape index (κ3) is 4.35. The van der Waals surface area contributed by atoms with Crippen molar-refractivity contribution in [1.29, 1.82) is 0 Å². The van der Waals surface area contributed by atoms with Crippen LogP contribution in [0.15, 0.2) is 19.0 Å². The number of ether oxygens (including phenoxy) is 1. The highest BCUT2D eigenvalue weighted by Crippen LogP contribution is 2.44. The maximum atomic E-state index is 9.21. The molecule has 3 N–H and O–H groups in total. The van der Waals surface area contributed by atoms with Crippen LogP contribution in [0.2, 0.25) is 5.02 Å². The number of likely N-dealkylation sites (tertiary alicyclic amines) is 1. The molecule has 1 unspecified atom stereocenters. The molecular formula is C23H32ClN5O2. The molecular weight excluding hydrogens is 414 g/mol. The average molecular weight is 446 g/mol. The van der Waals surface area contributed by atoms with Crippen LogP contribution in [0.3, 0.4) is 0 Å². The topological polar surface area (TPSA) is 87.7 Å². The van der Waals surface area contributed by atoms with Crippen LogP contribution in [0, 0.1) is 6.92 Å². The van der Waals surface area contributed by atoms with Crippen LogP contribution in [0.1, 0.15) is 48.1 Å². The first-order valence-corrected chi connectivity index (χ1v) is 10.8. The van der Waals surface area contributed by atoms with E-state index in [-0.39, 0.29) is 12.6 Å². The molecule has 0 radical (unpaired) electrons. The summed E-state index contributed by atoms with van der Waals surface area (Å²) in [4.78, 5) is 12.9. The van der Waals surface area contributed by atoms with Gasteiger partial charge in [-0.2, -0.15) is 0 Å². The number of benzene rings is 1. The van der Waals surface area contributed by atoms with Gasteiger partial charge in [0.05, 0.1) is 25.3 Å². The molecule has 1 aromatic carbocycles. The first-order valence-electron chi connectivity index (χ1n) is 10.4. The Labute approximate surface area is 189 Å². The zero-order chi connectivity index (χ0) is 22.9. The van der Waals surface area contributed by atoms with Gasteiger partial charge in [0.15, 0.2) is 0 Å². The Morgan fingerprint density at radius 2 is 2.13 bits per heavy atom. The fraction of sp³-hybridized carbons (Fsp3) is 0.478. The lowest BCUT2D eigenvalue weighted by Gasteiger charge is -2.41. The highest BCUT2D eigenvalue weighted by molar-refractivity contribution is 6.31. The number of rotatable bonds is 8. The van der Waals surface area contributed by atoms with Crippen LogP contribution in [0.4, 0.5) is 11.6 Å². The van der Waals surface area contributed by atoms with E-state index >= 15 is 0 Å². The zero-order valence-electron chi connectivity index (χ0n) is 18.9. The van der Waals surface area contributed by atoms with Crippen molar-refractivity contribution < 1.29 is 9.84 Å². The van der Waals surface area contributed by atoms with Gasteiger partial charge in [0, 0.05) is 48.7 Å². The molecule has 1 aromatic heterocycles. The molecule has 7 nitrogen and oxygen atoms in total. The molecule has 0 bridgehead atoms. The minimum absolute atomic E-state index is 0.0900. The average Bonchev–Trinajstić information content (AvgIpc) is 2.70. The summed E-state index contributed by atoms with van der Waals surface area (Å²) in [5, 5.41) is 9.92. The highest BCUT2D eigenvalue weighted by Gasteiger charge is 2.34. The molecule has 1 saturated heterocycles. The van der Waals surface area contributed by atoms with Gasteiger partial charge in [0.2, 0.25) is 0 Å². The van der Waals surface area contributed by atoms with E-state index in [9.17, 15) is 5.11 Å². The van der Waals surface area contributed by atoms with Crippen molar-refractivity contribution in [2.75, 3.05) is 51.0 Å². The fourth-order valence-electron chi connectivity index (χ4n) is 4.33. The molecule has 1 atom stereocenters. The lowest BCUT2D eigenvalue weighted by Crippen LogP contribution is -2.46. The number of nitrogens with zero attached hydrogens (tertiary/aromatic N) is 4. The number of aliphatic hydroxyl groups is 1. The standard InChI is InChI=1S/C23H32ClN5O2/c1-13(2)19-22(25)26-12-27-23(19)28(5)15(4)17-9-18(24)14(3)20(21(17)31-6)16-10-29(11-16)7-8-30/h9,12,15-16,30H,1,7-8,10-11H2,2-6H3,(H2,25,26,27). The van der Waals surface area contributed by atoms with Gasteiger partial charge in [-0.3, -0.25) is 4.90 Å². The summed E-state index contributed by atoms with van der Waals surface area (Å²) in [6.45, 7) is 12.7. The second kappa shape index (κ2) is 9.42. The first-order chi connectivity index (χ1) is 14.7. The molecule has 2 heterocycles. The van der Waals surface area contributed by atoms with E-state index in [4.69, 9.17) is 22.1 Å². The van der Waals surface area contributed by atoms with E-state index in [2.05, 4.69) is 28.4 Å². The minimum atomic E-state index is -0.0900. The molecule has 31 heavy (non-hydrogen) atoms. The Bertz CT molecular complexity index is 975. The summed E-state index contributed by atoms with van der Waals surface area (Å²) in [5.74, 6) is 2.29. The van der Waals surface area contributed by atoms with Crippen molar-refractivity contribution in [2.24, 2.45) is 0 Å². The second-order valence-electron chi connectivity index (χ2n) is 8.22. The minimum Gasteiger partial charge on any atom is -0.496 e. The zero-order valence-corrected chi connectivity index (χ0v) is 19.7. The molecule has 1 aliphatic heterocycles. The Hall–Kier alpha value is -2.35. The monoisotopic (exact) mass is 445 g/mol. The summed E-state index contributed by atoms with van der Waals surface area (Å²) < 4.78 is 5.94. The lowest BCUT2D eigenvalue weighted by atomic mass is 9.85.